The molecule has 0 saturated heterocycles. The number of carboxylic acids is 1. The van der Waals surface area contributed by atoms with Crippen molar-refractivity contribution < 1.29 is 18.3 Å². The molecule has 23 heavy (non-hydrogen) atoms. The van der Waals surface area contributed by atoms with Crippen molar-refractivity contribution in [1.82, 2.24) is 14.9 Å². The third-order valence-corrected chi connectivity index (χ3v) is 4.33. The minimum atomic E-state index is -3.86. The second-order valence-electron chi connectivity index (χ2n) is 4.69. The van der Waals surface area contributed by atoms with Gasteiger partial charge in [0.15, 0.2) is 0 Å². The van der Waals surface area contributed by atoms with Crippen LogP contribution in [0.5, 0.6) is 0 Å². The minimum Gasteiger partial charge on any atom is -0.480 e. The molecule has 3 N–H and O–H groups in total. The van der Waals surface area contributed by atoms with E-state index in [1.54, 1.807) is 6.92 Å². The number of carbonyl (C=O) groups is 1. The van der Waals surface area contributed by atoms with Crippen molar-refractivity contribution in [3.8, 4) is 0 Å². The molecule has 2 rings (SSSR count). The van der Waals surface area contributed by atoms with Crippen LogP contribution in [0.25, 0.3) is 0 Å². The number of aliphatic carboxylic acids is 1. The number of aromatic nitrogens is 2. The molecule has 0 atom stereocenters. The Morgan fingerprint density at radius 2 is 1.91 bits per heavy atom. The van der Waals surface area contributed by atoms with E-state index < -0.39 is 22.5 Å². The summed E-state index contributed by atoms with van der Waals surface area (Å²) < 4.78 is 25.7. The van der Waals surface area contributed by atoms with Gasteiger partial charge in [-0.3, -0.25) is 9.89 Å². The first-order chi connectivity index (χ1) is 10.8. The molecule has 122 valence electrons. The Morgan fingerprint density at radius 1 is 1.26 bits per heavy atom. The monoisotopic (exact) mass is 337 g/mol. The quantitative estimate of drug-likeness (QED) is 0.690. The van der Waals surface area contributed by atoms with Gasteiger partial charge in [0.2, 0.25) is 10.0 Å². The lowest BCUT2D eigenvalue weighted by atomic mass is 10.3. The molecule has 0 unspecified atom stereocenters. The summed E-state index contributed by atoms with van der Waals surface area (Å²) in [7, 11) is -3.86. The zero-order valence-corrected chi connectivity index (χ0v) is 13.3. The van der Waals surface area contributed by atoms with E-state index in [1.807, 2.05) is 11.6 Å². The Kier molecular flexibility index (Phi) is 4.86. The zero-order valence-electron chi connectivity index (χ0n) is 12.4. The number of H-pyrrole nitrogens is 1. The lowest BCUT2D eigenvalue weighted by molar-refractivity contribution is -0.135. The number of sulfonamides is 1. The second-order valence-corrected chi connectivity index (χ2v) is 6.46. The first-order valence-corrected chi connectivity index (χ1v) is 8.03. The molecule has 10 heteroatoms. The predicted molar refractivity (Wildman–Crippen MR) is 81.5 cm³/mol. The second kappa shape index (κ2) is 6.67. The van der Waals surface area contributed by atoms with Gasteiger partial charge in [0.25, 0.3) is 0 Å². The molecular weight excluding hydrogens is 322 g/mol. The SMILES string of the molecule is Cc1n[nH]c(C)c1N=Nc1ccc(S(=O)(=O)NCC(=O)O)cc1. The molecule has 0 amide bonds. The molecular formula is C13H15N5O4S. The Bertz CT molecular complexity index is 820. The van der Waals surface area contributed by atoms with Gasteiger partial charge in [0.05, 0.1) is 22.0 Å². The van der Waals surface area contributed by atoms with E-state index in [9.17, 15) is 13.2 Å². The lowest BCUT2D eigenvalue weighted by Gasteiger charge is -2.04. The van der Waals surface area contributed by atoms with Gasteiger partial charge in [-0.1, -0.05) is 0 Å². The highest BCUT2D eigenvalue weighted by Gasteiger charge is 2.14. The van der Waals surface area contributed by atoms with Gasteiger partial charge in [0, 0.05) is 0 Å². The van der Waals surface area contributed by atoms with Gasteiger partial charge >= 0.3 is 5.97 Å². The van der Waals surface area contributed by atoms with Crippen LogP contribution in [0, 0.1) is 13.8 Å². The third kappa shape index (κ3) is 4.20. The van der Waals surface area contributed by atoms with Crippen LogP contribution in [0.4, 0.5) is 11.4 Å². The minimum absolute atomic E-state index is 0.0478. The summed E-state index contributed by atoms with van der Waals surface area (Å²) in [4.78, 5) is 10.4. The fraction of sp³-hybridized carbons (Fsp3) is 0.231. The van der Waals surface area contributed by atoms with Gasteiger partial charge in [-0.2, -0.15) is 14.9 Å². The van der Waals surface area contributed by atoms with Crippen LogP contribution < -0.4 is 4.72 Å². The molecule has 0 radical (unpaired) electrons. The van der Waals surface area contributed by atoms with Crippen LogP contribution in [0.3, 0.4) is 0 Å². The van der Waals surface area contributed by atoms with Crippen molar-refractivity contribution in [2.75, 3.05) is 6.54 Å². The van der Waals surface area contributed by atoms with Crippen LogP contribution in [-0.2, 0) is 14.8 Å². The highest BCUT2D eigenvalue weighted by atomic mass is 32.2. The summed E-state index contributed by atoms with van der Waals surface area (Å²) in [5.74, 6) is -1.26. The van der Waals surface area contributed by atoms with E-state index in [-0.39, 0.29) is 4.90 Å². The Labute approximate surface area is 132 Å². The van der Waals surface area contributed by atoms with Gasteiger partial charge in [-0.05, 0) is 38.1 Å². The highest BCUT2D eigenvalue weighted by Crippen LogP contribution is 2.24. The molecule has 1 aromatic heterocycles. The summed E-state index contributed by atoms with van der Waals surface area (Å²) in [6.45, 7) is 2.93. The molecule has 0 bridgehead atoms. The Morgan fingerprint density at radius 3 is 2.43 bits per heavy atom. The van der Waals surface area contributed by atoms with E-state index >= 15 is 0 Å². The van der Waals surface area contributed by atoms with Gasteiger partial charge in [-0.25, -0.2) is 8.42 Å². The molecule has 0 aliphatic rings. The Balaban J connectivity index is 2.15. The van der Waals surface area contributed by atoms with Crippen molar-refractivity contribution in [3.05, 3.63) is 35.7 Å². The zero-order chi connectivity index (χ0) is 17.0. The summed E-state index contributed by atoms with van der Waals surface area (Å²) >= 11 is 0. The molecule has 0 spiro atoms. The largest absolute Gasteiger partial charge is 0.480 e. The van der Waals surface area contributed by atoms with E-state index in [0.29, 0.717) is 17.1 Å². The maximum atomic E-state index is 11.8. The Hall–Kier alpha value is -2.59. The van der Waals surface area contributed by atoms with E-state index in [0.717, 1.165) is 5.69 Å². The number of aromatic amines is 1. The smallest absolute Gasteiger partial charge is 0.318 e. The van der Waals surface area contributed by atoms with Crippen molar-refractivity contribution in [3.63, 3.8) is 0 Å². The number of rotatable bonds is 6. The van der Waals surface area contributed by atoms with Crippen LogP contribution in [0.15, 0.2) is 39.4 Å². The van der Waals surface area contributed by atoms with Crippen LogP contribution in [-0.4, -0.2) is 36.2 Å². The van der Waals surface area contributed by atoms with Crippen LogP contribution in [0.2, 0.25) is 0 Å². The molecule has 1 aromatic carbocycles. The number of aryl methyl sites for hydroxylation is 2. The number of carboxylic acid groups (broad SMARTS) is 1. The number of benzene rings is 1. The number of nitrogens with one attached hydrogen (secondary N) is 2. The average molecular weight is 337 g/mol. The molecule has 2 aromatic rings. The first kappa shape index (κ1) is 16.8. The summed E-state index contributed by atoms with van der Waals surface area (Å²) in [6.07, 6.45) is 0. The third-order valence-electron chi connectivity index (χ3n) is 2.92. The first-order valence-electron chi connectivity index (χ1n) is 6.54. The van der Waals surface area contributed by atoms with Gasteiger partial charge in [-0.15, -0.1) is 5.11 Å². The van der Waals surface area contributed by atoms with Crippen molar-refractivity contribution in [2.45, 2.75) is 18.7 Å². The maximum absolute atomic E-state index is 11.8. The summed E-state index contributed by atoms with van der Waals surface area (Å²) in [6, 6.07) is 5.61. The van der Waals surface area contributed by atoms with E-state index in [1.165, 1.54) is 24.3 Å². The molecule has 9 nitrogen and oxygen atoms in total. The fourth-order valence-corrected chi connectivity index (χ4v) is 2.71. The number of hydrogen-bond donors (Lipinski definition) is 3. The lowest BCUT2D eigenvalue weighted by Crippen LogP contribution is -2.29. The highest BCUT2D eigenvalue weighted by molar-refractivity contribution is 7.89. The molecule has 0 fully saturated rings. The normalized spacial score (nSPS) is 11.9. The summed E-state index contributed by atoms with van der Waals surface area (Å²) in [5.41, 5.74) is 2.58. The van der Waals surface area contributed by atoms with Crippen LogP contribution >= 0.6 is 0 Å². The average Bonchev–Trinajstić information content (AvgIpc) is 2.82. The van der Waals surface area contributed by atoms with E-state index in [4.69, 9.17) is 5.11 Å². The molecule has 0 aliphatic heterocycles. The predicted octanol–water partition coefficient (Wildman–Crippen LogP) is 1.80. The topological polar surface area (TPSA) is 137 Å². The number of azo groups is 1. The maximum Gasteiger partial charge on any atom is 0.318 e. The number of hydrogen-bond acceptors (Lipinski definition) is 6. The van der Waals surface area contributed by atoms with Crippen molar-refractivity contribution in [1.29, 1.82) is 0 Å². The summed E-state index contributed by atoms with van der Waals surface area (Å²) in [5, 5.41) is 23.4. The fourth-order valence-electron chi connectivity index (χ4n) is 1.73. The van der Waals surface area contributed by atoms with E-state index in [2.05, 4.69) is 20.4 Å². The van der Waals surface area contributed by atoms with Crippen molar-refractivity contribution in [2.24, 2.45) is 10.2 Å². The van der Waals surface area contributed by atoms with Gasteiger partial charge in [0.1, 0.15) is 12.2 Å². The molecule has 1 heterocycles. The molecule has 0 aliphatic carbocycles. The van der Waals surface area contributed by atoms with Crippen molar-refractivity contribution >= 4 is 27.4 Å². The van der Waals surface area contributed by atoms with Crippen LogP contribution in [0.1, 0.15) is 11.4 Å². The molecule has 0 saturated carbocycles. The standard InChI is InChI=1S/C13H15N5O4S/c1-8-13(9(2)16-15-8)18-17-10-3-5-11(6-4-10)23(21,22)14-7-12(19)20/h3-6,14H,7H2,1-2H3,(H,15,16)(H,19,20). The van der Waals surface area contributed by atoms with Gasteiger partial charge < -0.3 is 5.11 Å². The number of nitrogens with zero attached hydrogens (tertiary/aromatic N) is 3.